The zero-order valence-corrected chi connectivity index (χ0v) is 19.3. The van der Waals surface area contributed by atoms with Gasteiger partial charge >= 0.3 is 5.97 Å². The summed E-state index contributed by atoms with van der Waals surface area (Å²) in [6.07, 6.45) is 2.63. The second kappa shape index (κ2) is 9.11. The Labute approximate surface area is 182 Å². The van der Waals surface area contributed by atoms with Gasteiger partial charge in [-0.05, 0) is 49.6 Å². The molecule has 1 aliphatic rings. The zero-order chi connectivity index (χ0) is 22.8. The summed E-state index contributed by atoms with van der Waals surface area (Å²) in [5.41, 5.74) is 0.698. The molecule has 2 aromatic rings. The first kappa shape index (κ1) is 23.5. The van der Waals surface area contributed by atoms with E-state index in [9.17, 15) is 21.6 Å². The smallest absolute Gasteiger partial charge is 0.338 e. The Kier molecular flexibility index (Phi) is 6.89. The predicted molar refractivity (Wildman–Crippen MR) is 112 cm³/mol. The molecule has 0 N–H and O–H groups in total. The van der Waals surface area contributed by atoms with Crippen molar-refractivity contribution in [1.82, 2.24) is 8.61 Å². The molecule has 1 fully saturated rings. The Morgan fingerprint density at radius 2 is 1.74 bits per heavy atom. The van der Waals surface area contributed by atoms with Gasteiger partial charge in [-0.15, -0.1) is 0 Å². The number of furan rings is 1. The highest BCUT2D eigenvalue weighted by Crippen LogP contribution is 2.24. The van der Waals surface area contributed by atoms with Gasteiger partial charge in [0.05, 0.1) is 10.5 Å². The fraction of sp³-hybridized carbons (Fsp3) is 0.450. The molecule has 0 spiro atoms. The molecule has 1 aromatic carbocycles. The highest BCUT2D eigenvalue weighted by atomic mass is 32.2. The first-order valence-corrected chi connectivity index (χ1v) is 12.7. The number of carbonyl (C=O) groups excluding carboxylic acids is 1. The molecule has 1 aliphatic heterocycles. The van der Waals surface area contributed by atoms with Crippen LogP contribution >= 0.6 is 0 Å². The van der Waals surface area contributed by atoms with Crippen molar-refractivity contribution in [2.75, 3.05) is 27.2 Å². The van der Waals surface area contributed by atoms with Crippen LogP contribution in [0, 0.1) is 6.92 Å². The summed E-state index contributed by atoms with van der Waals surface area (Å²) >= 11 is 0. The Morgan fingerprint density at radius 1 is 1.06 bits per heavy atom. The van der Waals surface area contributed by atoms with Crippen molar-refractivity contribution in [3.05, 3.63) is 47.2 Å². The van der Waals surface area contributed by atoms with Crippen molar-refractivity contribution in [1.29, 1.82) is 0 Å². The Hall–Kier alpha value is -2.21. The van der Waals surface area contributed by atoms with E-state index in [4.69, 9.17) is 9.15 Å². The summed E-state index contributed by atoms with van der Waals surface area (Å²) in [5.74, 6) is -0.565. The summed E-state index contributed by atoms with van der Waals surface area (Å²) in [4.78, 5) is 12.7. The van der Waals surface area contributed by atoms with Crippen molar-refractivity contribution >= 4 is 26.0 Å². The van der Waals surface area contributed by atoms with E-state index < -0.39 is 26.0 Å². The van der Waals surface area contributed by atoms with Crippen LogP contribution in [-0.2, 0) is 31.4 Å². The Bertz CT molecular complexity index is 1160. The van der Waals surface area contributed by atoms with Crippen LogP contribution in [0.3, 0.4) is 0 Å². The van der Waals surface area contributed by atoms with Gasteiger partial charge in [-0.1, -0.05) is 12.5 Å². The normalized spacial score (nSPS) is 15.9. The SMILES string of the molecule is Cc1ccc(S(=O)(=O)N2CCCCC2)cc1C(=O)OCc1ccc(S(=O)(=O)N(C)C)o1. The summed E-state index contributed by atoms with van der Waals surface area (Å²) in [6.45, 7) is 2.33. The minimum Gasteiger partial charge on any atom is -0.454 e. The largest absolute Gasteiger partial charge is 0.454 e. The molecular formula is C20H26N2O7S2. The minimum absolute atomic E-state index is 0.0457. The Morgan fingerprint density at radius 3 is 2.39 bits per heavy atom. The van der Waals surface area contributed by atoms with Gasteiger partial charge in [0.25, 0.3) is 10.0 Å². The van der Waals surface area contributed by atoms with Crippen molar-refractivity contribution in [3.63, 3.8) is 0 Å². The van der Waals surface area contributed by atoms with Gasteiger partial charge in [0.2, 0.25) is 15.1 Å². The quantitative estimate of drug-likeness (QED) is 0.571. The average molecular weight is 471 g/mol. The molecule has 11 heteroatoms. The fourth-order valence-corrected chi connectivity index (χ4v) is 5.56. The van der Waals surface area contributed by atoms with Crippen LogP contribution in [0.15, 0.2) is 44.7 Å². The van der Waals surface area contributed by atoms with Crippen molar-refractivity contribution in [2.24, 2.45) is 0 Å². The number of sulfonamides is 2. The number of rotatable bonds is 7. The van der Waals surface area contributed by atoms with Gasteiger partial charge in [-0.3, -0.25) is 0 Å². The third kappa shape index (κ3) is 5.00. The molecule has 3 rings (SSSR count). The topological polar surface area (TPSA) is 114 Å². The lowest BCUT2D eigenvalue weighted by molar-refractivity contribution is 0.0439. The molecular weight excluding hydrogens is 444 g/mol. The standard InChI is InChI=1S/C20H26N2O7S2/c1-15-7-9-17(30(24,25)22-11-5-4-6-12-22)13-18(15)20(23)28-14-16-8-10-19(29-16)31(26,27)21(2)3/h7-10,13H,4-6,11-12,14H2,1-3H3. The van der Waals surface area contributed by atoms with Crippen LogP contribution in [0.4, 0.5) is 0 Å². The first-order valence-electron chi connectivity index (χ1n) is 9.82. The molecule has 0 amide bonds. The van der Waals surface area contributed by atoms with Crippen molar-refractivity contribution in [3.8, 4) is 0 Å². The van der Waals surface area contributed by atoms with E-state index in [1.54, 1.807) is 13.0 Å². The average Bonchev–Trinajstić information content (AvgIpc) is 3.22. The second-order valence-electron chi connectivity index (χ2n) is 7.53. The molecule has 0 bridgehead atoms. The number of piperidine rings is 1. The summed E-state index contributed by atoms with van der Waals surface area (Å²) in [5, 5.41) is -0.255. The van der Waals surface area contributed by atoms with Crippen LogP contribution in [-0.4, -0.2) is 58.6 Å². The van der Waals surface area contributed by atoms with E-state index in [-0.39, 0.29) is 27.9 Å². The zero-order valence-electron chi connectivity index (χ0n) is 17.7. The van der Waals surface area contributed by atoms with Crippen LogP contribution in [0.5, 0.6) is 0 Å². The van der Waals surface area contributed by atoms with E-state index in [0.29, 0.717) is 18.7 Å². The van der Waals surface area contributed by atoms with E-state index >= 15 is 0 Å². The number of esters is 1. The lowest BCUT2D eigenvalue weighted by Gasteiger charge is -2.26. The molecule has 0 atom stereocenters. The highest BCUT2D eigenvalue weighted by Gasteiger charge is 2.27. The first-order chi connectivity index (χ1) is 14.5. The molecule has 9 nitrogen and oxygen atoms in total. The lowest BCUT2D eigenvalue weighted by atomic mass is 10.1. The molecule has 0 unspecified atom stereocenters. The van der Waals surface area contributed by atoms with Gasteiger partial charge in [0, 0.05) is 27.2 Å². The van der Waals surface area contributed by atoms with Gasteiger partial charge in [-0.25, -0.2) is 25.9 Å². The number of ether oxygens (including phenoxy) is 1. The molecule has 1 aromatic heterocycles. The molecule has 2 heterocycles. The summed E-state index contributed by atoms with van der Waals surface area (Å²) in [6, 6.07) is 7.08. The van der Waals surface area contributed by atoms with E-state index in [1.807, 2.05) is 0 Å². The molecule has 170 valence electrons. The van der Waals surface area contributed by atoms with E-state index in [2.05, 4.69) is 0 Å². The maximum absolute atomic E-state index is 12.9. The maximum Gasteiger partial charge on any atom is 0.338 e. The maximum atomic E-state index is 12.9. The molecule has 0 aliphatic carbocycles. The number of benzene rings is 1. The number of aryl methyl sites for hydroxylation is 1. The van der Waals surface area contributed by atoms with Crippen LogP contribution in [0.1, 0.15) is 40.9 Å². The Balaban J connectivity index is 1.75. The molecule has 31 heavy (non-hydrogen) atoms. The minimum atomic E-state index is -3.73. The summed E-state index contributed by atoms with van der Waals surface area (Å²) < 4.78 is 62.9. The third-order valence-corrected chi connectivity index (χ3v) is 8.68. The van der Waals surface area contributed by atoms with Gasteiger partial charge in [-0.2, -0.15) is 4.31 Å². The fourth-order valence-electron chi connectivity index (χ4n) is 3.20. The van der Waals surface area contributed by atoms with Crippen molar-refractivity contribution < 1.29 is 30.8 Å². The van der Waals surface area contributed by atoms with Gasteiger partial charge < -0.3 is 9.15 Å². The van der Waals surface area contributed by atoms with E-state index in [1.165, 1.54) is 42.7 Å². The van der Waals surface area contributed by atoms with Crippen LogP contribution in [0.2, 0.25) is 0 Å². The van der Waals surface area contributed by atoms with E-state index in [0.717, 1.165) is 23.6 Å². The number of nitrogens with zero attached hydrogens (tertiary/aromatic N) is 2. The van der Waals surface area contributed by atoms with Crippen LogP contribution in [0.25, 0.3) is 0 Å². The van der Waals surface area contributed by atoms with Crippen molar-refractivity contribution in [2.45, 2.75) is 42.8 Å². The number of hydrogen-bond acceptors (Lipinski definition) is 7. The number of carbonyl (C=O) groups is 1. The molecule has 1 saturated heterocycles. The molecule has 0 saturated carbocycles. The summed E-state index contributed by atoms with van der Waals surface area (Å²) in [7, 11) is -4.66. The second-order valence-corrected chi connectivity index (χ2v) is 11.5. The third-order valence-electron chi connectivity index (χ3n) is 5.10. The van der Waals surface area contributed by atoms with Crippen LogP contribution < -0.4 is 0 Å². The lowest BCUT2D eigenvalue weighted by Crippen LogP contribution is -2.35. The number of hydrogen-bond donors (Lipinski definition) is 0. The molecule has 0 radical (unpaired) electrons. The van der Waals surface area contributed by atoms with Gasteiger partial charge in [0.1, 0.15) is 12.4 Å². The van der Waals surface area contributed by atoms with Gasteiger partial charge in [0.15, 0.2) is 0 Å². The highest BCUT2D eigenvalue weighted by molar-refractivity contribution is 7.89. The predicted octanol–water partition coefficient (Wildman–Crippen LogP) is 2.37. The monoisotopic (exact) mass is 470 g/mol.